The largest absolute Gasteiger partial charge is 0.459 e. The maximum absolute atomic E-state index is 12.7. The van der Waals surface area contributed by atoms with Crippen molar-refractivity contribution in [1.29, 1.82) is 0 Å². The van der Waals surface area contributed by atoms with E-state index in [0.29, 0.717) is 22.3 Å². The minimum Gasteiger partial charge on any atom is -0.459 e. The molecule has 0 unspecified atom stereocenters. The van der Waals surface area contributed by atoms with E-state index in [2.05, 4.69) is 0 Å². The van der Waals surface area contributed by atoms with Crippen LogP contribution in [0.25, 0.3) is 0 Å². The predicted octanol–water partition coefficient (Wildman–Crippen LogP) is 5.49. The number of hydrogen-bond donors (Lipinski definition) is 0. The van der Waals surface area contributed by atoms with Gasteiger partial charge >= 0.3 is 0 Å². The van der Waals surface area contributed by atoms with Crippen molar-refractivity contribution in [3.8, 4) is 0 Å². The average molecular weight is 352 g/mol. The van der Waals surface area contributed by atoms with Gasteiger partial charge < -0.3 is 4.42 Å². The first-order chi connectivity index (χ1) is 10.6. The summed E-state index contributed by atoms with van der Waals surface area (Å²) in [5, 5.41) is 2.94. The Labute approximate surface area is 141 Å². The summed E-state index contributed by atoms with van der Waals surface area (Å²) in [6.45, 7) is 0.400. The number of rotatable bonds is 4. The van der Waals surface area contributed by atoms with Crippen LogP contribution in [0.4, 0.5) is 5.69 Å². The molecule has 0 bridgehead atoms. The third-order valence-corrected chi connectivity index (χ3v) is 4.49. The van der Waals surface area contributed by atoms with E-state index in [-0.39, 0.29) is 11.7 Å². The van der Waals surface area contributed by atoms with Gasteiger partial charge in [0.2, 0.25) is 0 Å². The SMILES string of the molecule is O=C(c1ccco1)N(Cc1cccs1)c1cc(Cl)ccc1Cl. The van der Waals surface area contributed by atoms with Crippen molar-refractivity contribution in [3.05, 3.63) is 74.8 Å². The summed E-state index contributed by atoms with van der Waals surface area (Å²) in [5.41, 5.74) is 0.559. The summed E-state index contributed by atoms with van der Waals surface area (Å²) in [7, 11) is 0. The molecule has 0 saturated carbocycles. The molecular weight excluding hydrogens is 341 g/mol. The summed E-state index contributed by atoms with van der Waals surface area (Å²) >= 11 is 13.9. The van der Waals surface area contributed by atoms with Gasteiger partial charge in [0.1, 0.15) is 0 Å². The smallest absolute Gasteiger partial charge is 0.294 e. The highest BCUT2D eigenvalue weighted by molar-refractivity contribution is 7.09. The van der Waals surface area contributed by atoms with Gasteiger partial charge in [-0.25, -0.2) is 0 Å². The number of hydrogen-bond acceptors (Lipinski definition) is 3. The molecule has 3 aromatic rings. The zero-order valence-corrected chi connectivity index (χ0v) is 13.7. The van der Waals surface area contributed by atoms with Crippen molar-refractivity contribution >= 4 is 46.1 Å². The summed E-state index contributed by atoms with van der Waals surface area (Å²) in [6.07, 6.45) is 1.47. The first-order valence-corrected chi connectivity index (χ1v) is 8.11. The number of carbonyl (C=O) groups is 1. The number of halogens is 2. The Kier molecular flexibility index (Phi) is 4.52. The number of carbonyl (C=O) groups excluding carboxylic acids is 1. The van der Waals surface area contributed by atoms with Crippen LogP contribution in [0.2, 0.25) is 10.0 Å². The monoisotopic (exact) mass is 351 g/mol. The standard InChI is InChI=1S/C16H11Cl2NO2S/c17-11-5-6-13(18)14(9-11)19(10-12-3-2-8-22-12)16(20)15-4-1-7-21-15/h1-9H,10H2. The van der Waals surface area contributed by atoms with E-state index >= 15 is 0 Å². The van der Waals surface area contributed by atoms with Gasteiger partial charge in [0.15, 0.2) is 5.76 Å². The lowest BCUT2D eigenvalue weighted by Gasteiger charge is -2.22. The fraction of sp³-hybridized carbons (Fsp3) is 0.0625. The second-order valence-electron chi connectivity index (χ2n) is 4.54. The fourth-order valence-electron chi connectivity index (χ4n) is 2.05. The highest BCUT2D eigenvalue weighted by Gasteiger charge is 2.23. The minimum absolute atomic E-state index is 0.257. The lowest BCUT2D eigenvalue weighted by Crippen LogP contribution is -2.30. The van der Waals surface area contributed by atoms with Crippen molar-refractivity contribution in [2.45, 2.75) is 6.54 Å². The molecule has 0 spiro atoms. The molecule has 0 fully saturated rings. The summed E-state index contributed by atoms with van der Waals surface area (Å²) in [4.78, 5) is 15.3. The molecule has 2 heterocycles. The third kappa shape index (κ3) is 3.19. The molecule has 3 nitrogen and oxygen atoms in total. The molecule has 1 amide bonds. The van der Waals surface area contributed by atoms with Crippen LogP contribution in [0.3, 0.4) is 0 Å². The summed E-state index contributed by atoms with van der Waals surface area (Å²) in [6, 6.07) is 12.3. The highest BCUT2D eigenvalue weighted by Crippen LogP contribution is 2.32. The van der Waals surface area contributed by atoms with Crippen LogP contribution < -0.4 is 4.90 Å². The molecule has 0 radical (unpaired) electrons. The van der Waals surface area contributed by atoms with Gasteiger partial charge in [0, 0.05) is 9.90 Å². The molecule has 0 aliphatic rings. The van der Waals surface area contributed by atoms with Gasteiger partial charge in [0.05, 0.1) is 23.5 Å². The summed E-state index contributed by atoms with van der Waals surface area (Å²) < 4.78 is 5.22. The van der Waals surface area contributed by atoms with Crippen molar-refractivity contribution in [3.63, 3.8) is 0 Å². The van der Waals surface area contributed by atoms with Gasteiger partial charge in [-0.2, -0.15) is 0 Å². The Morgan fingerprint density at radius 1 is 1.18 bits per heavy atom. The van der Waals surface area contributed by atoms with Crippen LogP contribution in [-0.4, -0.2) is 5.91 Å². The fourth-order valence-corrected chi connectivity index (χ4v) is 3.13. The molecule has 112 valence electrons. The number of benzene rings is 1. The Hall–Kier alpha value is -1.75. The van der Waals surface area contributed by atoms with Crippen LogP contribution in [-0.2, 0) is 6.54 Å². The van der Waals surface area contributed by atoms with E-state index in [1.807, 2.05) is 17.5 Å². The molecule has 1 aromatic carbocycles. The van der Waals surface area contributed by atoms with Crippen molar-refractivity contribution < 1.29 is 9.21 Å². The predicted molar refractivity (Wildman–Crippen MR) is 90.0 cm³/mol. The van der Waals surface area contributed by atoms with E-state index in [4.69, 9.17) is 27.6 Å². The molecule has 0 N–H and O–H groups in total. The van der Waals surface area contributed by atoms with E-state index in [0.717, 1.165) is 4.88 Å². The number of thiophene rings is 1. The second kappa shape index (κ2) is 6.57. The average Bonchev–Trinajstić information content (AvgIpc) is 3.20. The molecule has 0 aliphatic carbocycles. The molecule has 0 atom stereocenters. The lowest BCUT2D eigenvalue weighted by atomic mass is 10.2. The molecule has 0 saturated heterocycles. The van der Waals surface area contributed by atoms with E-state index in [9.17, 15) is 4.79 Å². The van der Waals surface area contributed by atoms with E-state index in [1.54, 1.807) is 46.6 Å². The first kappa shape index (κ1) is 15.2. The lowest BCUT2D eigenvalue weighted by molar-refractivity contribution is 0.0958. The van der Waals surface area contributed by atoms with Crippen LogP contribution in [0.1, 0.15) is 15.4 Å². The topological polar surface area (TPSA) is 33.5 Å². The van der Waals surface area contributed by atoms with Crippen LogP contribution >= 0.6 is 34.5 Å². The normalized spacial score (nSPS) is 10.6. The maximum atomic E-state index is 12.7. The van der Waals surface area contributed by atoms with Crippen LogP contribution in [0.15, 0.2) is 58.5 Å². The highest BCUT2D eigenvalue weighted by atomic mass is 35.5. The second-order valence-corrected chi connectivity index (χ2v) is 6.42. The Bertz CT molecular complexity index is 770. The van der Waals surface area contributed by atoms with Crippen molar-refractivity contribution in [2.24, 2.45) is 0 Å². The van der Waals surface area contributed by atoms with Gasteiger partial charge in [-0.3, -0.25) is 9.69 Å². The van der Waals surface area contributed by atoms with Gasteiger partial charge in [0.25, 0.3) is 5.91 Å². The van der Waals surface area contributed by atoms with Crippen LogP contribution in [0, 0.1) is 0 Å². The molecule has 6 heteroatoms. The zero-order valence-electron chi connectivity index (χ0n) is 11.3. The van der Waals surface area contributed by atoms with Crippen LogP contribution in [0.5, 0.6) is 0 Å². The first-order valence-electron chi connectivity index (χ1n) is 6.48. The number of furan rings is 1. The third-order valence-electron chi connectivity index (χ3n) is 3.07. The molecular formula is C16H11Cl2NO2S. The maximum Gasteiger partial charge on any atom is 0.294 e. The minimum atomic E-state index is -0.262. The molecule has 22 heavy (non-hydrogen) atoms. The Morgan fingerprint density at radius 3 is 2.73 bits per heavy atom. The molecule has 0 aliphatic heterocycles. The van der Waals surface area contributed by atoms with Crippen molar-refractivity contribution in [2.75, 3.05) is 4.90 Å². The van der Waals surface area contributed by atoms with Crippen molar-refractivity contribution in [1.82, 2.24) is 0 Å². The number of anilines is 1. The number of nitrogens with zero attached hydrogens (tertiary/aromatic N) is 1. The Morgan fingerprint density at radius 2 is 2.05 bits per heavy atom. The molecule has 3 rings (SSSR count). The van der Waals surface area contributed by atoms with E-state index in [1.165, 1.54) is 6.26 Å². The van der Waals surface area contributed by atoms with Gasteiger partial charge in [-0.15, -0.1) is 11.3 Å². The van der Waals surface area contributed by atoms with E-state index < -0.39 is 0 Å². The Balaban J connectivity index is 2.02. The summed E-state index contributed by atoms with van der Waals surface area (Å²) in [5.74, 6) is -0.00448. The van der Waals surface area contributed by atoms with Gasteiger partial charge in [-0.1, -0.05) is 29.3 Å². The quantitative estimate of drug-likeness (QED) is 0.622. The number of amides is 1. The van der Waals surface area contributed by atoms with Gasteiger partial charge in [-0.05, 0) is 41.8 Å². The zero-order chi connectivity index (χ0) is 15.5. The molecule has 2 aromatic heterocycles.